The van der Waals surface area contributed by atoms with Gasteiger partial charge in [0.25, 0.3) is 5.91 Å². The predicted molar refractivity (Wildman–Crippen MR) is 76.6 cm³/mol. The lowest BCUT2D eigenvalue weighted by Gasteiger charge is -2.30. The minimum absolute atomic E-state index is 0.00570. The Bertz CT molecular complexity index is 415. The van der Waals surface area contributed by atoms with Gasteiger partial charge in [-0.05, 0) is 40.9 Å². The molecule has 0 unspecified atom stereocenters. The number of halogens is 2. The third-order valence-electron chi connectivity index (χ3n) is 3.16. The molecule has 0 bridgehead atoms. The van der Waals surface area contributed by atoms with Crippen LogP contribution >= 0.6 is 15.9 Å². The first-order valence-electron chi connectivity index (χ1n) is 6.42. The Balaban J connectivity index is 3.12. The Kier molecular flexibility index (Phi) is 6.45. The fourth-order valence-electron chi connectivity index (χ4n) is 2.13. The second kappa shape index (κ2) is 7.60. The average molecular weight is 332 g/mol. The van der Waals surface area contributed by atoms with Crippen molar-refractivity contribution in [2.45, 2.75) is 32.7 Å². The number of benzene rings is 1. The van der Waals surface area contributed by atoms with E-state index in [9.17, 15) is 9.18 Å². The van der Waals surface area contributed by atoms with Crippen LogP contribution in [-0.2, 0) is 0 Å². The molecular weight excluding hydrogens is 313 g/mol. The van der Waals surface area contributed by atoms with E-state index in [1.165, 1.54) is 6.07 Å². The number of aliphatic hydroxyl groups excluding tert-OH is 1. The molecule has 0 aliphatic carbocycles. The number of rotatable bonds is 6. The van der Waals surface area contributed by atoms with Gasteiger partial charge in [0, 0.05) is 17.1 Å². The van der Waals surface area contributed by atoms with Crippen LogP contribution < -0.4 is 0 Å². The van der Waals surface area contributed by atoms with Gasteiger partial charge in [0.05, 0.1) is 12.2 Å². The highest BCUT2D eigenvalue weighted by molar-refractivity contribution is 9.10. The van der Waals surface area contributed by atoms with E-state index in [0.29, 0.717) is 4.47 Å². The quantitative estimate of drug-likeness (QED) is 0.869. The van der Waals surface area contributed by atoms with E-state index in [0.717, 1.165) is 12.8 Å². The van der Waals surface area contributed by atoms with Gasteiger partial charge in [-0.3, -0.25) is 4.79 Å². The molecule has 0 spiro atoms. The third kappa shape index (κ3) is 3.76. The first kappa shape index (κ1) is 16.1. The topological polar surface area (TPSA) is 40.5 Å². The van der Waals surface area contributed by atoms with Gasteiger partial charge in [-0.2, -0.15) is 0 Å². The lowest BCUT2D eigenvalue weighted by atomic mass is 10.1. The molecule has 3 nitrogen and oxygen atoms in total. The summed E-state index contributed by atoms with van der Waals surface area (Å²) in [4.78, 5) is 14.0. The number of carbonyl (C=O) groups excluding carboxylic acids is 1. The van der Waals surface area contributed by atoms with Gasteiger partial charge in [0.15, 0.2) is 0 Å². The molecule has 0 atom stereocenters. The van der Waals surface area contributed by atoms with Gasteiger partial charge in [-0.25, -0.2) is 4.39 Å². The SMILES string of the molecule is CCC(CC)N(CCO)C(=O)c1c(F)cccc1Br. The highest BCUT2D eigenvalue weighted by atomic mass is 79.9. The van der Waals surface area contributed by atoms with E-state index in [4.69, 9.17) is 5.11 Å². The molecule has 0 radical (unpaired) electrons. The average Bonchev–Trinajstić information content (AvgIpc) is 2.38. The molecule has 0 saturated heterocycles. The lowest BCUT2D eigenvalue weighted by Crippen LogP contribution is -2.42. The Morgan fingerprint density at radius 1 is 1.42 bits per heavy atom. The van der Waals surface area contributed by atoms with E-state index >= 15 is 0 Å². The number of nitrogens with zero attached hydrogens (tertiary/aromatic N) is 1. The van der Waals surface area contributed by atoms with Crippen molar-refractivity contribution in [3.8, 4) is 0 Å². The number of hydrogen-bond donors (Lipinski definition) is 1. The molecule has 0 aliphatic heterocycles. The van der Waals surface area contributed by atoms with Crippen molar-refractivity contribution in [1.29, 1.82) is 0 Å². The standard InChI is InChI=1S/C14H19BrFNO2/c1-3-10(4-2)17(8-9-18)14(19)13-11(15)6-5-7-12(13)16/h5-7,10,18H,3-4,8-9H2,1-2H3. The van der Waals surface area contributed by atoms with E-state index in [1.54, 1.807) is 17.0 Å². The second-order valence-electron chi connectivity index (χ2n) is 4.29. The molecule has 0 heterocycles. The summed E-state index contributed by atoms with van der Waals surface area (Å²) in [6.07, 6.45) is 1.54. The summed E-state index contributed by atoms with van der Waals surface area (Å²) < 4.78 is 14.3. The number of aliphatic hydroxyl groups is 1. The van der Waals surface area contributed by atoms with Crippen molar-refractivity contribution in [2.24, 2.45) is 0 Å². The molecule has 1 rings (SSSR count). The van der Waals surface area contributed by atoms with Crippen LogP contribution in [0.15, 0.2) is 22.7 Å². The Labute approximate surface area is 121 Å². The number of carbonyl (C=O) groups is 1. The van der Waals surface area contributed by atoms with Crippen LogP contribution in [0.2, 0.25) is 0 Å². The molecule has 0 aromatic heterocycles. The molecule has 106 valence electrons. The van der Waals surface area contributed by atoms with Crippen LogP contribution in [0.5, 0.6) is 0 Å². The first-order valence-corrected chi connectivity index (χ1v) is 7.21. The monoisotopic (exact) mass is 331 g/mol. The van der Waals surface area contributed by atoms with Gasteiger partial charge < -0.3 is 10.0 Å². The van der Waals surface area contributed by atoms with Crippen molar-refractivity contribution in [1.82, 2.24) is 4.90 Å². The Morgan fingerprint density at radius 3 is 2.53 bits per heavy atom. The summed E-state index contributed by atoms with van der Waals surface area (Å²) in [5.41, 5.74) is 0.0304. The van der Waals surface area contributed by atoms with Crippen LogP contribution in [0.3, 0.4) is 0 Å². The third-order valence-corrected chi connectivity index (χ3v) is 3.82. The highest BCUT2D eigenvalue weighted by Gasteiger charge is 2.25. The highest BCUT2D eigenvalue weighted by Crippen LogP contribution is 2.23. The Hall–Kier alpha value is -0.940. The van der Waals surface area contributed by atoms with E-state index in [-0.39, 0.29) is 30.7 Å². The van der Waals surface area contributed by atoms with Crippen molar-refractivity contribution in [3.05, 3.63) is 34.1 Å². The van der Waals surface area contributed by atoms with Gasteiger partial charge in [0.2, 0.25) is 0 Å². The summed E-state index contributed by atoms with van der Waals surface area (Å²) >= 11 is 3.21. The molecule has 1 amide bonds. The smallest absolute Gasteiger partial charge is 0.258 e. The minimum atomic E-state index is -0.548. The maximum absolute atomic E-state index is 13.8. The zero-order chi connectivity index (χ0) is 14.4. The van der Waals surface area contributed by atoms with Gasteiger partial charge in [-0.1, -0.05) is 19.9 Å². The Morgan fingerprint density at radius 2 is 2.05 bits per heavy atom. The van der Waals surface area contributed by atoms with E-state index < -0.39 is 5.82 Å². The lowest BCUT2D eigenvalue weighted by molar-refractivity contribution is 0.0616. The van der Waals surface area contributed by atoms with Crippen LogP contribution in [-0.4, -0.2) is 35.1 Å². The second-order valence-corrected chi connectivity index (χ2v) is 5.14. The maximum atomic E-state index is 13.8. The van der Waals surface area contributed by atoms with Crippen LogP contribution in [0, 0.1) is 5.82 Å². The first-order chi connectivity index (χ1) is 9.06. The fraction of sp³-hybridized carbons (Fsp3) is 0.500. The fourth-order valence-corrected chi connectivity index (χ4v) is 2.64. The summed E-state index contributed by atoms with van der Waals surface area (Å²) in [6.45, 7) is 4.03. The van der Waals surface area contributed by atoms with Crippen LogP contribution in [0.25, 0.3) is 0 Å². The summed E-state index contributed by atoms with van der Waals surface area (Å²) in [7, 11) is 0. The largest absolute Gasteiger partial charge is 0.395 e. The summed E-state index contributed by atoms with van der Waals surface area (Å²) in [5, 5.41) is 9.11. The van der Waals surface area contributed by atoms with E-state index in [2.05, 4.69) is 15.9 Å². The maximum Gasteiger partial charge on any atom is 0.258 e. The summed E-state index contributed by atoms with van der Waals surface area (Å²) in [5.74, 6) is -0.930. The van der Waals surface area contributed by atoms with E-state index in [1.807, 2.05) is 13.8 Å². The zero-order valence-corrected chi connectivity index (χ0v) is 12.8. The molecular formula is C14H19BrFNO2. The van der Waals surface area contributed by atoms with Crippen molar-refractivity contribution in [2.75, 3.05) is 13.2 Å². The summed E-state index contributed by atoms with van der Waals surface area (Å²) in [6, 6.07) is 4.46. The number of amides is 1. The molecule has 0 aliphatic rings. The van der Waals surface area contributed by atoms with Crippen LogP contribution in [0.1, 0.15) is 37.0 Å². The zero-order valence-electron chi connectivity index (χ0n) is 11.2. The normalized spacial score (nSPS) is 10.8. The molecule has 1 N–H and O–H groups in total. The van der Waals surface area contributed by atoms with Gasteiger partial charge in [0.1, 0.15) is 5.82 Å². The van der Waals surface area contributed by atoms with Crippen molar-refractivity contribution >= 4 is 21.8 Å². The van der Waals surface area contributed by atoms with Gasteiger partial charge >= 0.3 is 0 Å². The predicted octanol–water partition coefficient (Wildman–Crippen LogP) is 3.21. The molecule has 0 saturated carbocycles. The number of hydrogen-bond acceptors (Lipinski definition) is 2. The minimum Gasteiger partial charge on any atom is -0.395 e. The van der Waals surface area contributed by atoms with Crippen molar-refractivity contribution < 1.29 is 14.3 Å². The van der Waals surface area contributed by atoms with Crippen LogP contribution in [0.4, 0.5) is 4.39 Å². The molecule has 1 aromatic carbocycles. The van der Waals surface area contributed by atoms with Crippen molar-refractivity contribution in [3.63, 3.8) is 0 Å². The molecule has 19 heavy (non-hydrogen) atoms. The van der Waals surface area contributed by atoms with Gasteiger partial charge in [-0.15, -0.1) is 0 Å². The molecule has 5 heteroatoms. The molecule has 1 aromatic rings. The molecule has 0 fully saturated rings.